The van der Waals surface area contributed by atoms with Gasteiger partial charge in [-0.2, -0.15) is 0 Å². The summed E-state index contributed by atoms with van der Waals surface area (Å²) in [5.74, 6) is 0.795. The van der Waals surface area contributed by atoms with Crippen LogP contribution in [0, 0.1) is 0 Å². The van der Waals surface area contributed by atoms with E-state index in [0.29, 0.717) is 11.2 Å². The fraction of sp³-hybridized carbons (Fsp3) is 0.385. The van der Waals surface area contributed by atoms with Gasteiger partial charge in [0.2, 0.25) is 0 Å². The van der Waals surface area contributed by atoms with Crippen molar-refractivity contribution in [2.75, 3.05) is 24.5 Å². The summed E-state index contributed by atoms with van der Waals surface area (Å²) in [6, 6.07) is 8.25. The molecule has 1 aromatic carbocycles. The summed E-state index contributed by atoms with van der Waals surface area (Å²) in [7, 11) is 0. The number of anilines is 1. The quantitative estimate of drug-likeness (QED) is 0.878. The molecule has 19 heavy (non-hydrogen) atoms. The molecule has 1 aliphatic rings. The second-order valence-corrected chi connectivity index (χ2v) is 4.99. The van der Waals surface area contributed by atoms with E-state index in [1.165, 1.54) is 0 Å². The second-order valence-electron chi connectivity index (χ2n) is 4.63. The molecule has 0 saturated carbocycles. The van der Waals surface area contributed by atoms with Crippen molar-refractivity contribution in [3.05, 3.63) is 29.4 Å². The monoisotopic (exact) mass is 298 g/mol. The minimum Gasteiger partial charge on any atom is -0.351 e. The number of benzene rings is 1. The van der Waals surface area contributed by atoms with Crippen molar-refractivity contribution in [3.8, 4) is 0 Å². The molecule has 1 atom stereocenters. The Balaban J connectivity index is 0.00000133. The first-order valence-electron chi connectivity index (χ1n) is 6.14. The molecule has 0 radical (unpaired) electrons. The normalized spacial score (nSPS) is 19.3. The zero-order chi connectivity index (χ0) is 12.5. The number of fused-ring (bicyclic) bond motifs is 1. The van der Waals surface area contributed by atoms with Gasteiger partial charge in [0.15, 0.2) is 11.0 Å². The van der Waals surface area contributed by atoms with Crippen molar-refractivity contribution in [1.82, 2.24) is 15.3 Å². The van der Waals surface area contributed by atoms with E-state index in [0.717, 1.165) is 36.5 Å². The molecule has 0 amide bonds. The highest BCUT2D eigenvalue weighted by atomic mass is 35.5. The first-order chi connectivity index (χ1) is 8.74. The van der Waals surface area contributed by atoms with Gasteiger partial charge < -0.3 is 10.2 Å². The summed E-state index contributed by atoms with van der Waals surface area (Å²) in [5.41, 5.74) is 1.73. The maximum Gasteiger partial charge on any atom is 0.172 e. The Kier molecular flexibility index (Phi) is 4.45. The van der Waals surface area contributed by atoms with Crippen LogP contribution in [0.15, 0.2) is 24.3 Å². The van der Waals surface area contributed by atoms with Crippen LogP contribution in [-0.4, -0.2) is 35.6 Å². The van der Waals surface area contributed by atoms with Crippen LogP contribution in [0.25, 0.3) is 11.0 Å². The molecule has 1 saturated heterocycles. The summed E-state index contributed by atoms with van der Waals surface area (Å²) in [6.45, 7) is 4.93. The van der Waals surface area contributed by atoms with Crippen molar-refractivity contribution in [3.63, 3.8) is 0 Å². The molecule has 6 heteroatoms. The smallest absolute Gasteiger partial charge is 0.172 e. The molecule has 0 spiro atoms. The topological polar surface area (TPSA) is 41.1 Å². The number of aromatic nitrogens is 2. The number of halogens is 2. The third-order valence-corrected chi connectivity index (χ3v) is 3.43. The van der Waals surface area contributed by atoms with E-state index in [1.54, 1.807) is 0 Å². The van der Waals surface area contributed by atoms with Crippen LogP contribution >= 0.6 is 24.0 Å². The number of hydrogen-bond donors (Lipinski definition) is 1. The van der Waals surface area contributed by atoms with E-state index in [1.807, 2.05) is 24.3 Å². The van der Waals surface area contributed by atoms with Gasteiger partial charge in [-0.3, -0.25) is 0 Å². The Morgan fingerprint density at radius 2 is 1.95 bits per heavy atom. The van der Waals surface area contributed by atoms with Gasteiger partial charge in [-0.25, -0.2) is 9.97 Å². The molecule has 1 fully saturated rings. The van der Waals surface area contributed by atoms with Crippen LogP contribution in [0.2, 0.25) is 5.15 Å². The van der Waals surface area contributed by atoms with Gasteiger partial charge in [0.25, 0.3) is 0 Å². The maximum absolute atomic E-state index is 6.25. The minimum atomic E-state index is 0. The molecule has 102 valence electrons. The Labute approximate surface area is 123 Å². The predicted octanol–water partition coefficient (Wildman–Crippen LogP) is 2.50. The van der Waals surface area contributed by atoms with Crippen LogP contribution < -0.4 is 10.2 Å². The van der Waals surface area contributed by atoms with Gasteiger partial charge in [0, 0.05) is 25.7 Å². The van der Waals surface area contributed by atoms with E-state index >= 15 is 0 Å². The number of nitrogens with one attached hydrogen (secondary N) is 1. The summed E-state index contributed by atoms with van der Waals surface area (Å²) >= 11 is 6.25. The summed E-state index contributed by atoms with van der Waals surface area (Å²) in [4.78, 5) is 11.3. The van der Waals surface area contributed by atoms with Gasteiger partial charge in [0.05, 0.1) is 11.0 Å². The molecule has 3 rings (SSSR count). The molecule has 2 aromatic rings. The lowest BCUT2D eigenvalue weighted by Crippen LogP contribution is -2.49. The van der Waals surface area contributed by atoms with E-state index < -0.39 is 0 Å². The molecule has 1 aliphatic heterocycles. The van der Waals surface area contributed by atoms with Crippen LogP contribution in [0.4, 0.5) is 5.82 Å². The fourth-order valence-corrected chi connectivity index (χ4v) is 2.55. The molecule has 2 heterocycles. The zero-order valence-corrected chi connectivity index (χ0v) is 12.2. The number of para-hydroxylation sites is 2. The summed E-state index contributed by atoms with van der Waals surface area (Å²) in [6.07, 6.45) is 0. The number of rotatable bonds is 1. The zero-order valence-electron chi connectivity index (χ0n) is 10.6. The standard InChI is InChI=1S/C13H15ClN4.ClH/c1-9-8-18(7-6-15-9)13-12(14)16-10-4-2-3-5-11(10)17-13;/h2-5,9,15H,6-8H2,1H3;1H/t9-;/m0./s1. The molecule has 0 unspecified atom stereocenters. The average molecular weight is 299 g/mol. The van der Waals surface area contributed by atoms with E-state index in [4.69, 9.17) is 11.6 Å². The van der Waals surface area contributed by atoms with Gasteiger partial charge in [-0.05, 0) is 19.1 Å². The highest BCUT2D eigenvalue weighted by Crippen LogP contribution is 2.25. The molecule has 1 N–H and O–H groups in total. The summed E-state index contributed by atoms with van der Waals surface area (Å²) < 4.78 is 0. The van der Waals surface area contributed by atoms with Gasteiger partial charge >= 0.3 is 0 Å². The first kappa shape index (κ1) is 14.3. The fourth-order valence-electron chi connectivity index (χ4n) is 2.30. The van der Waals surface area contributed by atoms with Gasteiger partial charge in [0.1, 0.15) is 0 Å². The molecule has 4 nitrogen and oxygen atoms in total. The highest BCUT2D eigenvalue weighted by molar-refractivity contribution is 6.32. The van der Waals surface area contributed by atoms with E-state index in [2.05, 4.69) is 27.1 Å². The average Bonchev–Trinajstić information content (AvgIpc) is 2.38. The van der Waals surface area contributed by atoms with Crippen LogP contribution in [-0.2, 0) is 0 Å². The van der Waals surface area contributed by atoms with E-state index in [9.17, 15) is 0 Å². The SMILES string of the molecule is C[C@H]1CN(c2nc3ccccc3nc2Cl)CCN1.Cl. The maximum atomic E-state index is 6.25. The summed E-state index contributed by atoms with van der Waals surface area (Å²) in [5, 5.41) is 3.89. The van der Waals surface area contributed by atoms with Crippen LogP contribution in [0.5, 0.6) is 0 Å². The van der Waals surface area contributed by atoms with Crippen molar-refractivity contribution < 1.29 is 0 Å². The van der Waals surface area contributed by atoms with Crippen molar-refractivity contribution in [1.29, 1.82) is 0 Å². The first-order valence-corrected chi connectivity index (χ1v) is 6.52. The Morgan fingerprint density at radius 3 is 2.63 bits per heavy atom. The van der Waals surface area contributed by atoms with Crippen molar-refractivity contribution >= 4 is 40.9 Å². The lowest BCUT2D eigenvalue weighted by molar-refractivity contribution is 0.482. The predicted molar refractivity (Wildman–Crippen MR) is 81.5 cm³/mol. The Hall–Kier alpha value is -1.10. The van der Waals surface area contributed by atoms with Crippen molar-refractivity contribution in [2.45, 2.75) is 13.0 Å². The minimum absolute atomic E-state index is 0. The van der Waals surface area contributed by atoms with Gasteiger partial charge in [-0.15, -0.1) is 12.4 Å². The third kappa shape index (κ3) is 2.91. The molecular weight excluding hydrogens is 283 g/mol. The number of piperazine rings is 1. The number of nitrogens with zero attached hydrogens (tertiary/aromatic N) is 3. The Bertz CT molecular complexity index is 576. The highest BCUT2D eigenvalue weighted by Gasteiger charge is 2.20. The lowest BCUT2D eigenvalue weighted by atomic mass is 10.2. The van der Waals surface area contributed by atoms with Crippen molar-refractivity contribution in [2.24, 2.45) is 0 Å². The molecular formula is C13H16Cl2N4. The number of hydrogen-bond acceptors (Lipinski definition) is 4. The second kappa shape index (κ2) is 5.90. The molecule has 1 aromatic heterocycles. The lowest BCUT2D eigenvalue weighted by Gasteiger charge is -2.33. The van der Waals surface area contributed by atoms with Gasteiger partial charge in [-0.1, -0.05) is 23.7 Å². The molecule has 0 bridgehead atoms. The Morgan fingerprint density at radius 1 is 1.26 bits per heavy atom. The largest absolute Gasteiger partial charge is 0.351 e. The third-order valence-electron chi connectivity index (χ3n) is 3.18. The van der Waals surface area contributed by atoms with Crippen LogP contribution in [0.1, 0.15) is 6.92 Å². The molecule has 0 aliphatic carbocycles. The van der Waals surface area contributed by atoms with Crippen LogP contribution in [0.3, 0.4) is 0 Å². The van der Waals surface area contributed by atoms with E-state index in [-0.39, 0.29) is 12.4 Å².